The van der Waals surface area contributed by atoms with Gasteiger partial charge in [0.25, 0.3) is 0 Å². The summed E-state index contributed by atoms with van der Waals surface area (Å²) in [6, 6.07) is 14.7. The maximum atomic E-state index is 11.3. The van der Waals surface area contributed by atoms with E-state index in [0.717, 1.165) is 28.9 Å². The van der Waals surface area contributed by atoms with Gasteiger partial charge in [-0.3, -0.25) is 0 Å². The summed E-state index contributed by atoms with van der Waals surface area (Å²) in [7, 11) is 0. The highest BCUT2D eigenvalue weighted by Gasteiger charge is 2.40. The lowest BCUT2D eigenvalue weighted by Crippen LogP contribution is -2.37. The first-order valence-electron chi connectivity index (χ1n) is 9.23. The van der Waals surface area contributed by atoms with Crippen LogP contribution in [0.25, 0.3) is 11.1 Å². The third kappa shape index (κ3) is 3.85. The van der Waals surface area contributed by atoms with Gasteiger partial charge in [0.15, 0.2) is 0 Å². The number of aryl methyl sites for hydroxylation is 1. The summed E-state index contributed by atoms with van der Waals surface area (Å²) in [4.78, 5) is 11.3. The largest absolute Gasteiger partial charge is 0.492 e. The molecule has 0 saturated heterocycles. The van der Waals surface area contributed by atoms with E-state index in [2.05, 4.69) is 31.2 Å². The molecule has 0 spiro atoms. The highest BCUT2D eigenvalue weighted by atomic mass is 16.6. The van der Waals surface area contributed by atoms with Gasteiger partial charge in [0.05, 0.1) is 6.61 Å². The van der Waals surface area contributed by atoms with Gasteiger partial charge < -0.3 is 15.2 Å². The fraction of sp³-hybridized carbons (Fsp3) is 0.409. The first-order chi connectivity index (χ1) is 12.4. The third-order valence-corrected chi connectivity index (χ3v) is 4.95. The number of benzene rings is 2. The molecule has 4 heteroatoms. The predicted octanol–water partition coefficient (Wildman–Crippen LogP) is 5.25. The molecule has 0 radical (unpaired) electrons. The van der Waals surface area contributed by atoms with Crippen LogP contribution < -0.4 is 10.5 Å². The van der Waals surface area contributed by atoms with Crippen LogP contribution in [0, 0.1) is 5.41 Å². The van der Waals surface area contributed by atoms with Crippen molar-refractivity contribution in [2.45, 2.75) is 46.1 Å². The molecule has 3 rings (SSSR count). The van der Waals surface area contributed by atoms with Gasteiger partial charge in [0.1, 0.15) is 11.9 Å². The van der Waals surface area contributed by atoms with Crippen molar-refractivity contribution in [2.75, 3.05) is 6.61 Å². The number of fused-ring (bicyclic) bond motifs is 1. The number of hydrogen-bond donors (Lipinski definition) is 1. The molecule has 1 amide bonds. The number of ether oxygens (including phenoxy) is 2. The molecule has 2 aromatic rings. The minimum absolute atomic E-state index is 0.329. The lowest BCUT2D eigenvalue weighted by Gasteiger charge is -2.38. The molecule has 0 aliphatic carbocycles. The van der Waals surface area contributed by atoms with Crippen LogP contribution in [0.3, 0.4) is 0 Å². The van der Waals surface area contributed by atoms with Gasteiger partial charge in [-0.05, 0) is 35.6 Å². The van der Waals surface area contributed by atoms with Crippen molar-refractivity contribution in [1.82, 2.24) is 0 Å². The second kappa shape index (κ2) is 7.40. The maximum absolute atomic E-state index is 11.3. The highest BCUT2D eigenvalue weighted by Crippen LogP contribution is 2.46. The second-order valence-corrected chi connectivity index (χ2v) is 7.65. The molecule has 0 aromatic heterocycles. The van der Waals surface area contributed by atoms with Crippen LogP contribution in [0.1, 0.15) is 50.8 Å². The molecule has 2 aromatic carbocycles. The van der Waals surface area contributed by atoms with Crippen LogP contribution in [0.2, 0.25) is 0 Å². The summed E-state index contributed by atoms with van der Waals surface area (Å²) < 4.78 is 11.3. The summed E-state index contributed by atoms with van der Waals surface area (Å²) >= 11 is 0. The summed E-state index contributed by atoms with van der Waals surface area (Å²) in [5, 5.41) is 0. The topological polar surface area (TPSA) is 61.6 Å². The Morgan fingerprint density at radius 3 is 2.54 bits per heavy atom. The molecular weight excluding hydrogens is 326 g/mol. The van der Waals surface area contributed by atoms with Crippen molar-refractivity contribution >= 4 is 6.09 Å². The van der Waals surface area contributed by atoms with Gasteiger partial charge >= 0.3 is 6.09 Å². The Morgan fingerprint density at radius 2 is 1.88 bits per heavy atom. The van der Waals surface area contributed by atoms with E-state index >= 15 is 0 Å². The smallest absolute Gasteiger partial charge is 0.405 e. The van der Waals surface area contributed by atoms with Crippen LogP contribution in [0.15, 0.2) is 42.5 Å². The minimum Gasteiger partial charge on any atom is -0.492 e. The average molecular weight is 353 g/mol. The van der Waals surface area contributed by atoms with E-state index in [1.165, 1.54) is 18.4 Å². The lowest BCUT2D eigenvalue weighted by atomic mass is 9.80. The van der Waals surface area contributed by atoms with Crippen LogP contribution in [0.5, 0.6) is 5.75 Å². The molecule has 4 nitrogen and oxygen atoms in total. The van der Waals surface area contributed by atoms with Gasteiger partial charge in [-0.25, -0.2) is 4.79 Å². The van der Waals surface area contributed by atoms with E-state index in [1.807, 2.05) is 32.0 Å². The van der Waals surface area contributed by atoms with E-state index in [0.29, 0.717) is 6.61 Å². The van der Waals surface area contributed by atoms with Gasteiger partial charge in [0.2, 0.25) is 0 Å². The third-order valence-electron chi connectivity index (χ3n) is 4.95. The van der Waals surface area contributed by atoms with E-state index in [4.69, 9.17) is 15.2 Å². The second-order valence-electron chi connectivity index (χ2n) is 7.65. The lowest BCUT2D eigenvalue weighted by molar-refractivity contribution is -0.0176. The van der Waals surface area contributed by atoms with Crippen LogP contribution >= 0.6 is 0 Å². The van der Waals surface area contributed by atoms with Crippen molar-refractivity contribution in [3.05, 3.63) is 53.6 Å². The number of nitrogens with two attached hydrogens (primary N) is 1. The van der Waals surface area contributed by atoms with E-state index < -0.39 is 12.2 Å². The molecule has 138 valence electrons. The number of carbonyl (C=O) groups is 1. The summed E-state index contributed by atoms with van der Waals surface area (Å²) in [5.41, 5.74) is 9.40. The quantitative estimate of drug-likeness (QED) is 0.798. The molecule has 0 saturated carbocycles. The summed E-state index contributed by atoms with van der Waals surface area (Å²) in [5.74, 6) is 0.753. The van der Waals surface area contributed by atoms with Crippen molar-refractivity contribution in [3.8, 4) is 16.9 Å². The van der Waals surface area contributed by atoms with Crippen molar-refractivity contribution < 1.29 is 14.3 Å². The normalized spacial score (nSPS) is 17.9. The number of amides is 1. The molecule has 26 heavy (non-hydrogen) atoms. The minimum atomic E-state index is -0.761. The monoisotopic (exact) mass is 353 g/mol. The summed E-state index contributed by atoms with van der Waals surface area (Å²) in [6.07, 6.45) is 2.36. The Bertz CT molecular complexity index is 780. The van der Waals surface area contributed by atoms with E-state index in [-0.39, 0.29) is 5.41 Å². The molecule has 1 unspecified atom stereocenters. The predicted molar refractivity (Wildman–Crippen MR) is 103 cm³/mol. The zero-order chi connectivity index (χ0) is 18.7. The van der Waals surface area contributed by atoms with Crippen LogP contribution in [-0.2, 0) is 11.2 Å². The zero-order valence-electron chi connectivity index (χ0n) is 15.7. The molecule has 1 heterocycles. The Balaban J connectivity index is 1.88. The molecule has 1 aliphatic rings. The molecule has 1 atom stereocenters. The standard InChI is InChI=1S/C22H27NO3/c1-4-5-6-15-7-9-16(10-8-15)17-11-12-18-19(13-17)25-14-22(2,3)20(18)26-21(23)24/h7-13,20H,4-6,14H2,1-3H3,(H2,23,24). The Kier molecular flexibility index (Phi) is 5.21. The van der Waals surface area contributed by atoms with Crippen molar-refractivity contribution in [1.29, 1.82) is 0 Å². The Labute approximate surface area is 155 Å². The van der Waals surface area contributed by atoms with Gasteiger partial charge in [-0.15, -0.1) is 0 Å². The maximum Gasteiger partial charge on any atom is 0.405 e. The van der Waals surface area contributed by atoms with Crippen molar-refractivity contribution in [2.24, 2.45) is 11.1 Å². The first kappa shape index (κ1) is 18.3. The number of hydrogen-bond acceptors (Lipinski definition) is 3. The fourth-order valence-electron chi connectivity index (χ4n) is 3.40. The molecule has 1 aliphatic heterocycles. The number of carbonyl (C=O) groups excluding carboxylic acids is 1. The highest BCUT2D eigenvalue weighted by molar-refractivity contribution is 5.68. The van der Waals surface area contributed by atoms with Gasteiger partial charge in [-0.1, -0.05) is 63.6 Å². The molecule has 0 bridgehead atoms. The van der Waals surface area contributed by atoms with Crippen LogP contribution in [-0.4, -0.2) is 12.7 Å². The number of primary amides is 1. The Morgan fingerprint density at radius 1 is 1.19 bits per heavy atom. The molecule has 0 fully saturated rings. The average Bonchev–Trinajstić information content (AvgIpc) is 2.62. The fourth-order valence-corrected chi connectivity index (χ4v) is 3.40. The SMILES string of the molecule is CCCCc1ccc(-c2ccc3c(c2)OCC(C)(C)C3OC(N)=O)cc1. The van der Waals surface area contributed by atoms with Crippen molar-refractivity contribution in [3.63, 3.8) is 0 Å². The number of rotatable bonds is 5. The van der Waals surface area contributed by atoms with E-state index in [1.54, 1.807) is 0 Å². The first-order valence-corrected chi connectivity index (χ1v) is 9.23. The van der Waals surface area contributed by atoms with Crippen LogP contribution in [0.4, 0.5) is 4.79 Å². The van der Waals surface area contributed by atoms with E-state index in [9.17, 15) is 4.79 Å². The molecule has 2 N–H and O–H groups in total. The summed E-state index contributed by atoms with van der Waals surface area (Å²) in [6.45, 7) is 6.69. The zero-order valence-corrected chi connectivity index (χ0v) is 15.7. The Hall–Kier alpha value is -2.49. The number of unbranched alkanes of at least 4 members (excludes halogenated alkanes) is 1. The van der Waals surface area contributed by atoms with Gasteiger partial charge in [-0.2, -0.15) is 0 Å². The molecular formula is C22H27NO3. The van der Waals surface area contributed by atoms with Gasteiger partial charge in [0, 0.05) is 11.0 Å².